The summed E-state index contributed by atoms with van der Waals surface area (Å²) in [5.41, 5.74) is 4.55. The fourth-order valence-electron chi connectivity index (χ4n) is 3.73. The van der Waals surface area contributed by atoms with Crippen LogP contribution in [0.1, 0.15) is 51.4 Å². The number of aliphatic hydroxyl groups excluding tert-OH is 1. The summed E-state index contributed by atoms with van der Waals surface area (Å²) in [7, 11) is 0. The Balaban J connectivity index is 1.69. The van der Waals surface area contributed by atoms with Crippen molar-refractivity contribution in [1.82, 2.24) is 15.2 Å². The molecule has 1 fully saturated rings. The lowest BCUT2D eigenvalue weighted by molar-refractivity contribution is -0.139. The van der Waals surface area contributed by atoms with E-state index >= 15 is 0 Å². The lowest BCUT2D eigenvalue weighted by Crippen LogP contribution is -2.50. The predicted molar refractivity (Wildman–Crippen MR) is 127 cm³/mol. The lowest BCUT2D eigenvalue weighted by Gasteiger charge is -2.32. The summed E-state index contributed by atoms with van der Waals surface area (Å²) in [4.78, 5) is 32.9. The highest BCUT2D eigenvalue weighted by molar-refractivity contribution is 7.81. The van der Waals surface area contributed by atoms with Crippen LogP contribution in [0.5, 0.6) is 0 Å². The van der Waals surface area contributed by atoms with Crippen LogP contribution in [0.25, 0.3) is 10.4 Å². The Labute approximate surface area is 193 Å². The third kappa shape index (κ3) is 5.30. The van der Waals surface area contributed by atoms with E-state index in [1.54, 1.807) is 11.3 Å². The van der Waals surface area contributed by atoms with Gasteiger partial charge in [-0.05, 0) is 30.4 Å². The first-order valence-electron chi connectivity index (χ1n) is 10.5. The molecule has 2 heterocycles. The van der Waals surface area contributed by atoms with Crippen molar-refractivity contribution in [2.45, 2.75) is 64.5 Å². The number of carbonyl (C=O) groups is 2. The molecule has 1 aliphatic rings. The molecule has 1 saturated heterocycles. The molecule has 0 unspecified atom stereocenters. The Hall–Kier alpha value is -1.90. The van der Waals surface area contributed by atoms with Crippen molar-refractivity contribution < 1.29 is 14.7 Å². The molecule has 6 nitrogen and oxygen atoms in total. The summed E-state index contributed by atoms with van der Waals surface area (Å²) in [6.07, 6.45) is -0.476. The molecular formula is C23H31N3O3S2. The average Bonchev–Trinajstić information content (AvgIpc) is 3.31. The summed E-state index contributed by atoms with van der Waals surface area (Å²) in [6, 6.07) is 7.13. The Morgan fingerprint density at radius 1 is 1.29 bits per heavy atom. The van der Waals surface area contributed by atoms with Gasteiger partial charge in [0.25, 0.3) is 0 Å². The molecule has 1 aromatic carbocycles. The fourth-order valence-corrected chi connectivity index (χ4v) is 4.69. The van der Waals surface area contributed by atoms with Gasteiger partial charge >= 0.3 is 0 Å². The number of hydrogen-bond donors (Lipinski definition) is 3. The standard InChI is InChI=1S/C23H31N3O3S2/c1-13(15-6-8-16(9-7-15)19-14(2)24-12-31-19)25-21(28)18-10-17(27)11-26(18)22(29)20(30)23(3,4)5/h6-9,12-13,17-18,20,27,30H,10-11H2,1-5H3,(H,25,28)/t13-,17+,18-,20+/m0/s1. The summed E-state index contributed by atoms with van der Waals surface area (Å²) < 4.78 is 0. The van der Waals surface area contributed by atoms with Crippen LogP contribution in [0, 0.1) is 12.3 Å². The monoisotopic (exact) mass is 461 g/mol. The first-order chi connectivity index (χ1) is 14.5. The van der Waals surface area contributed by atoms with E-state index in [9.17, 15) is 14.7 Å². The second-order valence-electron chi connectivity index (χ2n) is 9.28. The number of β-amino-alcohol motifs (C(OH)–C–C–N with tert-alkyl or cyclic N) is 1. The minimum absolute atomic E-state index is 0.154. The number of thiol groups is 1. The van der Waals surface area contributed by atoms with Gasteiger partial charge in [0, 0.05) is 13.0 Å². The van der Waals surface area contributed by atoms with Gasteiger partial charge in [0.05, 0.1) is 33.5 Å². The highest BCUT2D eigenvalue weighted by Gasteiger charge is 2.43. The van der Waals surface area contributed by atoms with Gasteiger partial charge in [-0.25, -0.2) is 4.98 Å². The summed E-state index contributed by atoms with van der Waals surface area (Å²) in [5.74, 6) is -0.473. The number of thiazole rings is 1. The largest absolute Gasteiger partial charge is 0.391 e. The van der Waals surface area contributed by atoms with Crippen molar-refractivity contribution in [2.24, 2.45) is 5.41 Å². The van der Waals surface area contributed by atoms with Crippen LogP contribution in [0.4, 0.5) is 0 Å². The molecule has 168 valence electrons. The van der Waals surface area contributed by atoms with Gasteiger partial charge < -0.3 is 15.3 Å². The van der Waals surface area contributed by atoms with E-state index in [-0.39, 0.29) is 36.2 Å². The molecule has 2 aromatic rings. The van der Waals surface area contributed by atoms with Gasteiger partial charge in [0.2, 0.25) is 11.8 Å². The molecular weight excluding hydrogens is 430 g/mol. The fraction of sp³-hybridized carbons (Fsp3) is 0.522. The highest BCUT2D eigenvalue weighted by atomic mass is 32.1. The van der Waals surface area contributed by atoms with Crippen LogP contribution in [-0.2, 0) is 9.59 Å². The zero-order valence-electron chi connectivity index (χ0n) is 18.6. The van der Waals surface area contributed by atoms with E-state index in [4.69, 9.17) is 0 Å². The SMILES string of the molecule is Cc1ncsc1-c1ccc([C@H](C)NC(=O)[C@@H]2C[C@@H](O)CN2C(=O)[C@@H](S)C(C)(C)C)cc1. The number of rotatable bonds is 5. The quantitative estimate of drug-likeness (QED) is 0.594. The third-order valence-corrected chi connectivity index (χ3v) is 7.67. The second kappa shape index (κ2) is 9.30. The van der Waals surface area contributed by atoms with E-state index < -0.39 is 17.4 Å². The maximum atomic E-state index is 13.0. The maximum absolute atomic E-state index is 13.0. The summed E-state index contributed by atoms with van der Waals surface area (Å²) in [5, 5.41) is 12.6. The number of benzene rings is 1. The van der Waals surface area contributed by atoms with E-state index in [0.29, 0.717) is 0 Å². The van der Waals surface area contributed by atoms with E-state index in [2.05, 4.69) is 22.9 Å². The Bertz CT molecular complexity index is 936. The smallest absolute Gasteiger partial charge is 0.243 e. The molecule has 1 aliphatic heterocycles. The molecule has 8 heteroatoms. The highest BCUT2D eigenvalue weighted by Crippen LogP contribution is 2.30. The molecule has 2 amide bonds. The Morgan fingerprint density at radius 3 is 2.48 bits per heavy atom. The van der Waals surface area contributed by atoms with Gasteiger partial charge in [-0.15, -0.1) is 11.3 Å². The molecule has 0 saturated carbocycles. The Morgan fingerprint density at radius 2 is 1.94 bits per heavy atom. The maximum Gasteiger partial charge on any atom is 0.243 e. The van der Waals surface area contributed by atoms with Crippen LogP contribution < -0.4 is 5.32 Å². The molecule has 1 aromatic heterocycles. The molecule has 3 rings (SSSR count). The molecule has 0 aliphatic carbocycles. The van der Waals surface area contributed by atoms with E-state index in [0.717, 1.165) is 21.7 Å². The van der Waals surface area contributed by atoms with Gasteiger partial charge in [-0.1, -0.05) is 45.0 Å². The lowest BCUT2D eigenvalue weighted by atomic mass is 9.90. The van der Waals surface area contributed by atoms with Crippen LogP contribution >= 0.6 is 24.0 Å². The minimum atomic E-state index is -0.711. The first kappa shape index (κ1) is 23.8. The number of likely N-dealkylation sites (tertiary alicyclic amines) is 1. The molecule has 0 radical (unpaired) electrons. The number of hydrogen-bond acceptors (Lipinski definition) is 6. The third-order valence-electron chi connectivity index (χ3n) is 5.70. The van der Waals surface area contributed by atoms with Gasteiger partial charge in [0.1, 0.15) is 6.04 Å². The average molecular weight is 462 g/mol. The summed E-state index contributed by atoms with van der Waals surface area (Å²) in [6.45, 7) is 9.86. The number of nitrogens with zero attached hydrogens (tertiary/aromatic N) is 2. The van der Waals surface area contributed by atoms with Crippen LogP contribution in [0.15, 0.2) is 29.8 Å². The second-order valence-corrected chi connectivity index (χ2v) is 10.7. The van der Waals surface area contributed by atoms with E-state index in [1.165, 1.54) is 4.90 Å². The number of amides is 2. The van der Waals surface area contributed by atoms with Crippen molar-refractivity contribution in [3.05, 3.63) is 41.0 Å². The number of nitrogens with one attached hydrogen (secondary N) is 1. The molecule has 0 spiro atoms. The van der Waals surface area contributed by atoms with Crippen molar-refractivity contribution >= 4 is 35.8 Å². The van der Waals surface area contributed by atoms with Crippen LogP contribution in [-0.4, -0.2) is 50.7 Å². The molecule has 0 bridgehead atoms. The van der Waals surface area contributed by atoms with Crippen molar-refractivity contribution in [1.29, 1.82) is 0 Å². The topological polar surface area (TPSA) is 82.5 Å². The van der Waals surface area contributed by atoms with Gasteiger partial charge in [-0.2, -0.15) is 12.6 Å². The number of aromatic nitrogens is 1. The first-order valence-corrected chi connectivity index (χ1v) is 11.9. The number of carbonyl (C=O) groups excluding carboxylic acids is 2. The van der Waals surface area contributed by atoms with Crippen molar-refractivity contribution in [3.63, 3.8) is 0 Å². The predicted octanol–water partition coefficient (Wildman–Crippen LogP) is 3.60. The Kier molecular flexibility index (Phi) is 7.13. The van der Waals surface area contributed by atoms with Gasteiger partial charge in [-0.3, -0.25) is 9.59 Å². The molecule has 2 N–H and O–H groups in total. The summed E-state index contributed by atoms with van der Waals surface area (Å²) >= 11 is 6.08. The van der Waals surface area contributed by atoms with Crippen LogP contribution in [0.3, 0.4) is 0 Å². The number of aryl methyl sites for hydroxylation is 1. The van der Waals surface area contributed by atoms with E-state index in [1.807, 2.05) is 64.4 Å². The molecule has 4 atom stereocenters. The van der Waals surface area contributed by atoms with Gasteiger partial charge in [0.15, 0.2) is 0 Å². The minimum Gasteiger partial charge on any atom is -0.391 e. The zero-order valence-corrected chi connectivity index (χ0v) is 20.3. The van der Waals surface area contributed by atoms with Crippen LogP contribution in [0.2, 0.25) is 0 Å². The molecule has 31 heavy (non-hydrogen) atoms. The number of aliphatic hydroxyl groups is 1. The normalized spacial score (nSPS) is 21.1. The van der Waals surface area contributed by atoms with Crippen molar-refractivity contribution in [3.8, 4) is 10.4 Å². The van der Waals surface area contributed by atoms with Crippen molar-refractivity contribution in [2.75, 3.05) is 6.54 Å². The zero-order chi connectivity index (χ0) is 22.9.